The average Bonchev–Trinajstić information content (AvgIpc) is 2.99. The summed E-state index contributed by atoms with van der Waals surface area (Å²) >= 11 is 6.04. The van der Waals surface area contributed by atoms with Crippen molar-refractivity contribution in [3.8, 4) is 5.82 Å². The summed E-state index contributed by atoms with van der Waals surface area (Å²) in [6.45, 7) is 1.78. The minimum atomic E-state index is -0.605. The summed E-state index contributed by atoms with van der Waals surface area (Å²) < 4.78 is 2.95. The second-order valence-electron chi connectivity index (χ2n) is 3.83. The molecule has 3 aromatic rings. The Balaban J connectivity index is 2.30. The van der Waals surface area contributed by atoms with Crippen LogP contribution in [0.25, 0.3) is 11.6 Å². The molecule has 2 N–H and O–H groups in total. The van der Waals surface area contributed by atoms with Gasteiger partial charge in [-0.3, -0.25) is 4.79 Å². The molecule has 1 amide bonds. The van der Waals surface area contributed by atoms with Crippen LogP contribution < -0.4 is 5.73 Å². The molecule has 0 aliphatic carbocycles. The van der Waals surface area contributed by atoms with E-state index in [1.807, 2.05) is 0 Å². The predicted molar refractivity (Wildman–Crippen MR) is 66.2 cm³/mol. The number of primary amides is 1. The quantitative estimate of drug-likeness (QED) is 0.682. The van der Waals surface area contributed by atoms with E-state index in [1.165, 1.54) is 21.6 Å². The molecule has 0 aliphatic heterocycles. The van der Waals surface area contributed by atoms with Gasteiger partial charge in [0, 0.05) is 11.8 Å². The van der Waals surface area contributed by atoms with Crippen molar-refractivity contribution in [1.29, 1.82) is 0 Å². The number of rotatable bonds is 2. The van der Waals surface area contributed by atoms with Gasteiger partial charge < -0.3 is 5.73 Å². The molecule has 9 heteroatoms. The van der Waals surface area contributed by atoms with Crippen molar-refractivity contribution >= 4 is 23.3 Å². The summed E-state index contributed by atoms with van der Waals surface area (Å²) in [5.74, 6) is 0.299. The number of halogens is 1. The fourth-order valence-corrected chi connectivity index (χ4v) is 1.89. The number of carbonyl (C=O) groups excluding carboxylic acids is 1. The first-order chi connectivity index (χ1) is 9.08. The van der Waals surface area contributed by atoms with E-state index in [0.717, 1.165) is 0 Å². The molecule has 0 spiro atoms. The SMILES string of the molecule is Cc1c(Cl)nc2ncnn2c1-n1ccc(C(N)=O)n1. The van der Waals surface area contributed by atoms with Crippen LogP contribution >= 0.6 is 11.6 Å². The second-order valence-corrected chi connectivity index (χ2v) is 4.19. The number of hydrogen-bond donors (Lipinski definition) is 1. The number of carbonyl (C=O) groups is 1. The second kappa shape index (κ2) is 4.02. The fraction of sp³-hybridized carbons (Fsp3) is 0.100. The van der Waals surface area contributed by atoms with Crippen molar-refractivity contribution < 1.29 is 4.79 Å². The maximum atomic E-state index is 11.1. The number of fused-ring (bicyclic) bond motifs is 1. The molecule has 8 nitrogen and oxygen atoms in total. The van der Waals surface area contributed by atoms with Gasteiger partial charge in [-0.15, -0.1) is 0 Å². The minimum absolute atomic E-state index is 0.153. The Morgan fingerprint density at radius 2 is 2.26 bits per heavy atom. The van der Waals surface area contributed by atoms with E-state index in [2.05, 4.69) is 20.2 Å². The Hall–Kier alpha value is -2.48. The topological polar surface area (TPSA) is 104 Å². The van der Waals surface area contributed by atoms with Crippen LogP contribution in [0.15, 0.2) is 18.6 Å². The molecule has 0 fully saturated rings. The summed E-state index contributed by atoms with van der Waals surface area (Å²) in [4.78, 5) is 19.1. The van der Waals surface area contributed by atoms with Crippen LogP contribution in [0.5, 0.6) is 0 Å². The fourth-order valence-electron chi connectivity index (χ4n) is 1.73. The maximum absolute atomic E-state index is 11.1. The Morgan fingerprint density at radius 3 is 2.95 bits per heavy atom. The van der Waals surface area contributed by atoms with Crippen LogP contribution in [0.4, 0.5) is 0 Å². The lowest BCUT2D eigenvalue weighted by atomic mass is 10.3. The van der Waals surface area contributed by atoms with E-state index < -0.39 is 5.91 Å². The first-order valence-electron chi connectivity index (χ1n) is 5.29. The molecule has 3 rings (SSSR count). The molecule has 0 saturated heterocycles. The van der Waals surface area contributed by atoms with Crippen LogP contribution in [0, 0.1) is 6.92 Å². The van der Waals surface area contributed by atoms with E-state index in [-0.39, 0.29) is 5.69 Å². The molecule has 3 heterocycles. The van der Waals surface area contributed by atoms with Gasteiger partial charge >= 0.3 is 0 Å². The number of hydrogen-bond acceptors (Lipinski definition) is 5. The van der Waals surface area contributed by atoms with Crippen molar-refractivity contribution in [3.63, 3.8) is 0 Å². The van der Waals surface area contributed by atoms with E-state index in [1.54, 1.807) is 13.1 Å². The zero-order valence-electron chi connectivity index (χ0n) is 9.78. The zero-order chi connectivity index (χ0) is 13.6. The monoisotopic (exact) mass is 277 g/mol. The van der Waals surface area contributed by atoms with Gasteiger partial charge in [0.15, 0.2) is 5.82 Å². The molecule has 0 saturated carbocycles. The van der Waals surface area contributed by atoms with E-state index in [9.17, 15) is 4.79 Å². The van der Waals surface area contributed by atoms with E-state index >= 15 is 0 Å². The molecular formula is C10H8ClN7O. The molecule has 0 bridgehead atoms. The summed E-state index contributed by atoms with van der Waals surface area (Å²) in [6.07, 6.45) is 2.96. The molecule has 19 heavy (non-hydrogen) atoms. The third-order valence-electron chi connectivity index (χ3n) is 2.63. The molecule has 0 aromatic carbocycles. The number of aromatic nitrogens is 6. The normalized spacial score (nSPS) is 11.1. The maximum Gasteiger partial charge on any atom is 0.269 e. The minimum Gasteiger partial charge on any atom is -0.364 e. The van der Waals surface area contributed by atoms with Crippen molar-refractivity contribution in [3.05, 3.63) is 35.0 Å². The summed E-state index contributed by atoms with van der Waals surface area (Å²) in [5.41, 5.74) is 6.00. The Kier molecular flexibility index (Phi) is 2.46. The molecule has 0 aliphatic rings. The summed E-state index contributed by atoms with van der Waals surface area (Å²) in [6, 6.07) is 1.51. The largest absolute Gasteiger partial charge is 0.364 e. The highest BCUT2D eigenvalue weighted by molar-refractivity contribution is 6.30. The lowest BCUT2D eigenvalue weighted by Crippen LogP contribution is -2.14. The van der Waals surface area contributed by atoms with Gasteiger partial charge in [-0.25, -0.2) is 4.68 Å². The van der Waals surface area contributed by atoms with Gasteiger partial charge in [0.2, 0.25) is 0 Å². The highest BCUT2D eigenvalue weighted by atomic mass is 35.5. The van der Waals surface area contributed by atoms with Crippen LogP contribution in [-0.2, 0) is 0 Å². The van der Waals surface area contributed by atoms with Gasteiger partial charge in [0.25, 0.3) is 11.7 Å². The van der Waals surface area contributed by atoms with Gasteiger partial charge in [-0.2, -0.15) is 24.7 Å². The summed E-state index contributed by atoms with van der Waals surface area (Å²) in [5, 5.41) is 8.44. The van der Waals surface area contributed by atoms with E-state index in [0.29, 0.717) is 22.3 Å². The van der Waals surface area contributed by atoms with Crippen molar-refractivity contribution in [1.82, 2.24) is 29.4 Å². The van der Waals surface area contributed by atoms with Crippen LogP contribution in [0.2, 0.25) is 5.15 Å². The van der Waals surface area contributed by atoms with Crippen LogP contribution in [-0.4, -0.2) is 35.3 Å². The average molecular weight is 278 g/mol. The highest BCUT2D eigenvalue weighted by Crippen LogP contribution is 2.20. The molecule has 0 unspecified atom stereocenters. The molecular weight excluding hydrogens is 270 g/mol. The van der Waals surface area contributed by atoms with Crippen LogP contribution in [0.3, 0.4) is 0 Å². The first kappa shape index (κ1) is 11.6. The zero-order valence-corrected chi connectivity index (χ0v) is 10.5. The molecule has 96 valence electrons. The summed E-state index contributed by atoms with van der Waals surface area (Å²) in [7, 11) is 0. The molecule has 0 atom stereocenters. The number of amides is 1. The Bertz CT molecular complexity index is 790. The highest BCUT2D eigenvalue weighted by Gasteiger charge is 2.15. The standard InChI is InChI=1S/C10H8ClN7O/c1-5-7(11)15-10-13-4-14-18(10)9(5)17-3-2-6(16-17)8(12)19/h2-4H,1H3,(H2,12,19). The molecule has 0 radical (unpaired) electrons. The third-order valence-corrected chi connectivity index (χ3v) is 3.00. The first-order valence-corrected chi connectivity index (χ1v) is 5.67. The van der Waals surface area contributed by atoms with Crippen molar-refractivity contribution in [2.45, 2.75) is 6.92 Å². The van der Waals surface area contributed by atoms with Crippen LogP contribution in [0.1, 0.15) is 16.1 Å². The smallest absolute Gasteiger partial charge is 0.269 e. The number of nitrogens with zero attached hydrogens (tertiary/aromatic N) is 6. The Labute approximate surface area is 111 Å². The van der Waals surface area contributed by atoms with Gasteiger partial charge in [0.05, 0.1) is 0 Å². The number of nitrogens with two attached hydrogens (primary N) is 1. The third kappa shape index (κ3) is 1.73. The lowest BCUT2D eigenvalue weighted by Gasteiger charge is -2.08. The van der Waals surface area contributed by atoms with Gasteiger partial charge in [0.1, 0.15) is 17.2 Å². The van der Waals surface area contributed by atoms with Crippen molar-refractivity contribution in [2.24, 2.45) is 5.73 Å². The van der Waals surface area contributed by atoms with Crippen molar-refractivity contribution in [2.75, 3.05) is 0 Å². The molecule has 3 aromatic heterocycles. The lowest BCUT2D eigenvalue weighted by molar-refractivity contribution is 0.0995. The van der Waals surface area contributed by atoms with E-state index in [4.69, 9.17) is 17.3 Å². The predicted octanol–water partition coefficient (Wildman–Crippen LogP) is 0.371. The van der Waals surface area contributed by atoms with Gasteiger partial charge in [-0.05, 0) is 13.0 Å². The Morgan fingerprint density at radius 1 is 1.47 bits per heavy atom. The van der Waals surface area contributed by atoms with Gasteiger partial charge in [-0.1, -0.05) is 11.6 Å².